The number of rotatable bonds is 8. The fourth-order valence-electron chi connectivity index (χ4n) is 3.09. The first-order valence-electron chi connectivity index (χ1n) is 9.40. The van der Waals surface area contributed by atoms with Crippen molar-refractivity contribution in [3.05, 3.63) is 83.9 Å². The molecule has 0 unspecified atom stereocenters. The van der Waals surface area contributed by atoms with Gasteiger partial charge in [-0.1, -0.05) is 42.0 Å². The van der Waals surface area contributed by atoms with Crippen molar-refractivity contribution in [2.45, 2.75) is 25.3 Å². The normalized spacial score (nSPS) is 11.1. The molecule has 0 aliphatic heterocycles. The first-order chi connectivity index (χ1) is 14.0. The molecule has 5 nitrogen and oxygen atoms in total. The monoisotopic (exact) mass is 411 g/mol. The number of methoxy groups -OCH3 is 1. The third-order valence-corrected chi connectivity index (χ3v) is 6.26. The Bertz CT molecular complexity index is 1060. The van der Waals surface area contributed by atoms with Gasteiger partial charge < -0.3 is 9.47 Å². The molecule has 0 amide bonds. The molecule has 3 rings (SSSR count). The van der Waals surface area contributed by atoms with Crippen LogP contribution in [0.3, 0.4) is 0 Å². The Hall–Kier alpha value is -2.99. The molecule has 0 fully saturated rings. The summed E-state index contributed by atoms with van der Waals surface area (Å²) in [6.45, 7) is 4.50. The van der Waals surface area contributed by atoms with Crippen LogP contribution < -0.4 is 13.8 Å². The largest absolute Gasteiger partial charge is 0.497 e. The predicted molar refractivity (Wildman–Crippen MR) is 115 cm³/mol. The second-order valence-corrected chi connectivity index (χ2v) is 8.44. The van der Waals surface area contributed by atoms with Crippen LogP contribution in [0.1, 0.15) is 18.1 Å². The molecule has 0 aliphatic carbocycles. The average Bonchev–Trinajstić information content (AvgIpc) is 2.73. The number of nitrogens with zero attached hydrogens (tertiary/aromatic N) is 1. The van der Waals surface area contributed by atoms with E-state index in [-0.39, 0.29) is 11.4 Å². The number of ether oxygens (including phenoxy) is 2. The van der Waals surface area contributed by atoms with Crippen LogP contribution in [-0.4, -0.2) is 22.1 Å². The van der Waals surface area contributed by atoms with Crippen LogP contribution in [0.2, 0.25) is 0 Å². The lowest BCUT2D eigenvalue weighted by Crippen LogP contribution is -2.31. The third kappa shape index (κ3) is 4.71. The van der Waals surface area contributed by atoms with Gasteiger partial charge in [0.15, 0.2) is 0 Å². The maximum atomic E-state index is 13.6. The van der Waals surface area contributed by atoms with E-state index >= 15 is 0 Å². The van der Waals surface area contributed by atoms with Gasteiger partial charge in [0.1, 0.15) is 11.5 Å². The summed E-state index contributed by atoms with van der Waals surface area (Å²) in [4.78, 5) is 0.192. The van der Waals surface area contributed by atoms with E-state index in [4.69, 9.17) is 9.47 Å². The lowest BCUT2D eigenvalue weighted by Gasteiger charge is -2.26. The van der Waals surface area contributed by atoms with Gasteiger partial charge in [-0.25, -0.2) is 8.42 Å². The number of hydrogen-bond acceptors (Lipinski definition) is 4. The van der Waals surface area contributed by atoms with Crippen molar-refractivity contribution in [3.8, 4) is 11.5 Å². The fraction of sp³-hybridized carbons (Fsp3) is 0.217. The van der Waals surface area contributed by atoms with Crippen LogP contribution in [0.4, 0.5) is 5.69 Å². The minimum absolute atomic E-state index is 0.192. The highest BCUT2D eigenvalue weighted by Crippen LogP contribution is 2.34. The molecular formula is C23H25NO4S. The number of anilines is 1. The molecule has 152 valence electrons. The van der Waals surface area contributed by atoms with Gasteiger partial charge in [-0.05, 0) is 55.8 Å². The Morgan fingerprint density at radius 2 is 1.66 bits per heavy atom. The minimum atomic E-state index is -3.83. The summed E-state index contributed by atoms with van der Waals surface area (Å²) in [5.41, 5.74) is 2.47. The summed E-state index contributed by atoms with van der Waals surface area (Å²) in [5.74, 6) is 1.13. The van der Waals surface area contributed by atoms with Gasteiger partial charge in [0.2, 0.25) is 0 Å². The first kappa shape index (κ1) is 20.7. The number of sulfonamides is 1. The summed E-state index contributed by atoms with van der Waals surface area (Å²) < 4.78 is 39.5. The molecule has 0 atom stereocenters. The molecule has 0 bridgehead atoms. The summed E-state index contributed by atoms with van der Waals surface area (Å²) in [6.07, 6.45) is 0. The van der Waals surface area contributed by atoms with Crippen LogP contribution >= 0.6 is 0 Å². The Balaban J connectivity index is 2.11. The lowest BCUT2D eigenvalue weighted by atomic mass is 10.1. The van der Waals surface area contributed by atoms with Crippen LogP contribution in [0, 0.1) is 6.92 Å². The summed E-state index contributed by atoms with van der Waals surface area (Å²) in [6, 6.07) is 21.4. The van der Waals surface area contributed by atoms with Gasteiger partial charge >= 0.3 is 0 Å². The summed E-state index contributed by atoms with van der Waals surface area (Å²) >= 11 is 0. The predicted octanol–water partition coefficient (Wildman–Crippen LogP) is 4.80. The van der Waals surface area contributed by atoms with Crippen molar-refractivity contribution >= 4 is 15.7 Å². The standard InChI is InChI=1S/C23H25NO4S/c1-4-28-23-11-6-5-10-22(23)24(17-19-9-7-8-18(2)16-19)29(25,26)21-14-12-20(27-3)13-15-21/h5-16H,4,17H2,1-3H3. The molecule has 3 aromatic rings. The smallest absolute Gasteiger partial charge is 0.264 e. The van der Waals surface area contributed by atoms with E-state index in [1.54, 1.807) is 43.5 Å². The zero-order valence-electron chi connectivity index (χ0n) is 16.8. The molecular weight excluding hydrogens is 386 g/mol. The van der Waals surface area contributed by atoms with Gasteiger partial charge in [0.05, 0.1) is 30.8 Å². The van der Waals surface area contributed by atoms with Gasteiger partial charge in [0, 0.05) is 0 Å². The van der Waals surface area contributed by atoms with E-state index in [9.17, 15) is 8.42 Å². The highest BCUT2D eigenvalue weighted by molar-refractivity contribution is 7.92. The second-order valence-electron chi connectivity index (χ2n) is 6.58. The Morgan fingerprint density at radius 3 is 2.31 bits per heavy atom. The number of hydrogen-bond donors (Lipinski definition) is 0. The zero-order valence-corrected chi connectivity index (χ0v) is 17.6. The van der Waals surface area contributed by atoms with Crippen molar-refractivity contribution in [1.82, 2.24) is 0 Å². The molecule has 0 heterocycles. The fourth-order valence-corrected chi connectivity index (χ4v) is 4.55. The number of aryl methyl sites for hydroxylation is 1. The Kier molecular flexibility index (Phi) is 6.44. The maximum absolute atomic E-state index is 13.6. The molecule has 0 aromatic heterocycles. The minimum Gasteiger partial charge on any atom is -0.497 e. The van der Waals surface area contributed by atoms with Crippen molar-refractivity contribution < 1.29 is 17.9 Å². The van der Waals surface area contributed by atoms with Gasteiger partial charge in [-0.15, -0.1) is 0 Å². The van der Waals surface area contributed by atoms with Gasteiger partial charge in [-0.3, -0.25) is 4.31 Å². The van der Waals surface area contributed by atoms with Crippen LogP contribution in [0.5, 0.6) is 11.5 Å². The lowest BCUT2D eigenvalue weighted by molar-refractivity contribution is 0.341. The molecule has 29 heavy (non-hydrogen) atoms. The van der Waals surface area contributed by atoms with Gasteiger partial charge in [-0.2, -0.15) is 0 Å². The number of para-hydroxylation sites is 2. The topological polar surface area (TPSA) is 55.8 Å². The van der Waals surface area contributed by atoms with E-state index in [0.717, 1.165) is 11.1 Å². The zero-order chi connectivity index (χ0) is 20.9. The van der Waals surface area contributed by atoms with Crippen LogP contribution in [-0.2, 0) is 16.6 Å². The molecule has 0 saturated carbocycles. The molecule has 0 saturated heterocycles. The van der Waals surface area contributed by atoms with Crippen molar-refractivity contribution in [2.75, 3.05) is 18.0 Å². The third-order valence-electron chi connectivity index (χ3n) is 4.49. The van der Waals surface area contributed by atoms with E-state index in [1.165, 1.54) is 4.31 Å². The summed E-state index contributed by atoms with van der Waals surface area (Å²) in [7, 11) is -2.29. The van der Waals surface area contributed by atoms with Crippen LogP contribution in [0.25, 0.3) is 0 Å². The van der Waals surface area contributed by atoms with E-state index < -0.39 is 10.0 Å². The highest BCUT2D eigenvalue weighted by Gasteiger charge is 2.27. The second kappa shape index (κ2) is 9.01. The quantitative estimate of drug-likeness (QED) is 0.534. The molecule has 0 radical (unpaired) electrons. The Morgan fingerprint density at radius 1 is 0.931 bits per heavy atom. The number of benzene rings is 3. The van der Waals surface area contributed by atoms with Crippen LogP contribution in [0.15, 0.2) is 77.7 Å². The first-order valence-corrected chi connectivity index (χ1v) is 10.8. The highest BCUT2D eigenvalue weighted by atomic mass is 32.2. The maximum Gasteiger partial charge on any atom is 0.264 e. The van der Waals surface area contributed by atoms with Gasteiger partial charge in [0.25, 0.3) is 10.0 Å². The Labute approximate surface area is 172 Å². The average molecular weight is 412 g/mol. The summed E-state index contributed by atoms with van der Waals surface area (Å²) in [5, 5.41) is 0. The van der Waals surface area contributed by atoms with E-state index in [0.29, 0.717) is 23.8 Å². The van der Waals surface area contributed by atoms with Crippen molar-refractivity contribution in [1.29, 1.82) is 0 Å². The molecule has 3 aromatic carbocycles. The molecule has 0 N–H and O–H groups in total. The van der Waals surface area contributed by atoms with Crippen molar-refractivity contribution in [2.24, 2.45) is 0 Å². The van der Waals surface area contributed by atoms with E-state index in [2.05, 4.69) is 0 Å². The van der Waals surface area contributed by atoms with E-state index in [1.807, 2.05) is 50.2 Å². The molecule has 6 heteroatoms. The SMILES string of the molecule is CCOc1ccccc1N(Cc1cccc(C)c1)S(=O)(=O)c1ccc(OC)cc1. The molecule has 0 spiro atoms. The molecule has 0 aliphatic rings. The van der Waals surface area contributed by atoms with Crippen molar-refractivity contribution in [3.63, 3.8) is 0 Å².